The van der Waals surface area contributed by atoms with E-state index in [1.165, 1.54) is 17.6 Å². The molecule has 2 atom stereocenters. The lowest BCUT2D eigenvalue weighted by molar-refractivity contribution is -0.131. The number of amides is 1. The average Bonchev–Trinajstić information content (AvgIpc) is 3.12. The number of hydrogen-bond donors (Lipinski definition) is 0. The molecule has 2 saturated heterocycles. The van der Waals surface area contributed by atoms with Gasteiger partial charge in [-0.3, -0.25) is 9.69 Å². The van der Waals surface area contributed by atoms with Crippen LogP contribution in [0.5, 0.6) is 0 Å². The number of likely N-dealkylation sites (N-methyl/N-ethyl adjacent to an activating group) is 1. The summed E-state index contributed by atoms with van der Waals surface area (Å²) in [5, 5.41) is 0. The zero-order valence-corrected chi connectivity index (χ0v) is 17.4. The number of allylic oxidation sites excluding steroid dienone is 1. The van der Waals surface area contributed by atoms with Crippen LogP contribution in [-0.4, -0.2) is 74.0 Å². The SMILES string of the molecule is CC(C)=CCN1C[C@H]2CN(C(=O)CN(C)C)C[C@@]2(CCc2ccccc2)C1. The molecule has 0 aromatic heterocycles. The Morgan fingerprint density at radius 1 is 1.19 bits per heavy atom. The smallest absolute Gasteiger partial charge is 0.236 e. The second-order valence-corrected chi connectivity index (χ2v) is 9.03. The molecular weight excluding hydrogens is 334 g/mol. The van der Waals surface area contributed by atoms with Gasteiger partial charge < -0.3 is 9.80 Å². The van der Waals surface area contributed by atoms with Crippen LogP contribution in [0.3, 0.4) is 0 Å². The largest absolute Gasteiger partial charge is 0.341 e. The molecular formula is C23H35N3O. The van der Waals surface area contributed by atoms with Crippen molar-refractivity contribution < 1.29 is 4.79 Å². The fraction of sp³-hybridized carbons (Fsp3) is 0.609. The Morgan fingerprint density at radius 2 is 1.93 bits per heavy atom. The van der Waals surface area contributed by atoms with Gasteiger partial charge in [0, 0.05) is 38.1 Å². The molecule has 4 nitrogen and oxygen atoms in total. The van der Waals surface area contributed by atoms with Crippen LogP contribution in [0.15, 0.2) is 42.0 Å². The summed E-state index contributed by atoms with van der Waals surface area (Å²) in [6.45, 7) is 9.97. The number of fused-ring (bicyclic) bond motifs is 1. The van der Waals surface area contributed by atoms with Gasteiger partial charge in [-0.1, -0.05) is 42.0 Å². The number of carbonyl (C=O) groups is 1. The number of aryl methyl sites for hydroxylation is 1. The summed E-state index contributed by atoms with van der Waals surface area (Å²) in [5.74, 6) is 0.877. The van der Waals surface area contributed by atoms with Gasteiger partial charge in [-0.25, -0.2) is 0 Å². The maximum atomic E-state index is 12.7. The van der Waals surface area contributed by atoms with E-state index >= 15 is 0 Å². The Balaban J connectivity index is 1.71. The van der Waals surface area contributed by atoms with Gasteiger partial charge in [-0.15, -0.1) is 0 Å². The molecule has 1 amide bonds. The van der Waals surface area contributed by atoms with Crippen molar-refractivity contribution in [1.29, 1.82) is 0 Å². The van der Waals surface area contributed by atoms with Crippen LogP contribution >= 0.6 is 0 Å². The second kappa shape index (κ2) is 8.57. The molecule has 27 heavy (non-hydrogen) atoms. The summed E-state index contributed by atoms with van der Waals surface area (Å²) in [4.78, 5) is 19.4. The van der Waals surface area contributed by atoms with E-state index in [0.29, 0.717) is 12.5 Å². The third kappa shape index (κ3) is 4.99. The monoisotopic (exact) mass is 369 g/mol. The summed E-state index contributed by atoms with van der Waals surface area (Å²) in [6.07, 6.45) is 4.60. The Hall–Kier alpha value is -1.65. The normalized spacial score (nSPS) is 25.1. The number of likely N-dealkylation sites (tertiary alicyclic amines) is 2. The molecule has 0 radical (unpaired) electrons. The van der Waals surface area contributed by atoms with E-state index in [0.717, 1.165) is 39.1 Å². The summed E-state index contributed by atoms with van der Waals surface area (Å²) in [6, 6.07) is 10.8. The number of carbonyl (C=O) groups excluding carboxylic acids is 1. The first-order valence-corrected chi connectivity index (χ1v) is 10.2. The van der Waals surface area contributed by atoms with Crippen molar-refractivity contribution in [2.24, 2.45) is 11.3 Å². The van der Waals surface area contributed by atoms with E-state index in [4.69, 9.17) is 0 Å². The molecule has 2 fully saturated rings. The van der Waals surface area contributed by atoms with Crippen molar-refractivity contribution in [2.45, 2.75) is 26.7 Å². The van der Waals surface area contributed by atoms with Crippen LogP contribution in [-0.2, 0) is 11.2 Å². The molecule has 0 spiro atoms. The molecule has 2 aliphatic heterocycles. The zero-order valence-electron chi connectivity index (χ0n) is 17.4. The van der Waals surface area contributed by atoms with Crippen LogP contribution in [0.1, 0.15) is 25.8 Å². The fourth-order valence-electron chi connectivity index (χ4n) is 4.70. The highest BCUT2D eigenvalue weighted by atomic mass is 16.2. The van der Waals surface area contributed by atoms with Crippen molar-refractivity contribution in [2.75, 3.05) is 53.4 Å². The van der Waals surface area contributed by atoms with Crippen molar-refractivity contribution >= 4 is 5.91 Å². The van der Waals surface area contributed by atoms with Gasteiger partial charge in [0.2, 0.25) is 5.91 Å². The van der Waals surface area contributed by atoms with E-state index in [9.17, 15) is 4.79 Å². The maximum absolute atomic E-state index is 12.7. The Bertz CT molecular complexity index is 665. The van der Waals surface area contributed by atoms with Gasteiger partial charge in [0.1, 0.15) is 0 Å². The van der Waals surface area contributed by atoms with Gasteiger partial charge in [0.05, 0.1) is 6.54 Å². The lowest BCUT2D eigenvalue weighted by Gasteiger charge is -2.30. The first-order chi connectivity index (χ1) is 12.9. The first-order valence-electron chi connectivity index (χ1n) is 10.2. The highest BCUT2D eigenvalue weighted by molar-refractivity contribution is 5.78. The van der Waals surface area contributed by atoms with Crippen LogP contribution in [0.4, 0.5) is 0 Å². The Morgan fingerprint density at radius 3 is 2.59 bits per heavy atom. The topological polar surface area (TPSA) is 26.8 Å². The second-order valence-electron chi connectivity index (χ2n) is 9.03. The summed E-state index contributed by atoms with van der Waals surface area (Å²) in [7, 11) is 3.95. The number of rotatable bonds is 7. The maximum Gasteiger partial charge on any atom is 0.236 e. The zero-order chi connectivity index (χ0) is 19.4. The van der Waals surface area contributed by atoms with Crippen molar-refractivity contribution in [3.05, 3.63) is 47.5 Å². The summed E-state index contributed by atoms with van der Waals surface area (Å²) < 4.78 is 0. The van der Waals surface area contributed by atoms with Crippen LogP contribution in [0.2, 0.25) is 0 Å². The number of nitrogens with zero attached hydrogens (tertiary/aromatic N) is 3. The minimum atomic E-state index is 0.243. The van der Waals surface area contributed by atoms with Crippen LogP contribution in [0, 0.1) is 11.3 Å². The number of benzene rings is 1. The lowest BCUT2D eigenvalue weighted by Crippen LogP contribution is -2.40. The van der Waals surface area contributed by atoms with Crippen LogP contribution < -0.4 is 0 Å². The summed E-state index contributed by atoms with van der Waals surface area (Å²) >= 11 is 0. The molecule has 0 N–H and O–H groups in total. The molecule has 1 aromatic carbocycles. The molecule has 0 saturated carbocycles. The fourth-order valence-corrected chi connectivity index (χ4v) is 4.70. The highest BCUT2D eigenvalue weighted by Crippen LogP contribution is 2.45. The molecule has 2 heterocycles. The van der Waals surface area contributed by atoms with Gasteiger partial charge in [0.25, 0.3) is 0 Å². The van der Waals surface area contributed by atoms with Crippen molar-refractivity contribution in [1.82, 2.24) is 14.7 Å². The molecule has 0 unspecified atom stereocenters. The third-order valence-corrected chi connectivity index (χ3v) is 6.15. The van der Waals surface area contributed by atoms with Gasteiger partial charge >= 0.3 is 0 Å². The van der Waals surface area contributed by atoms with E-state index in [-0.39, 0.29) is 11.3 Å². The summed E-state index contributed by atoms with van der Waals surface area (Å²) in [5.41, 5.74) is 3.03. The van der Waals surface area contributed by atoms with Gasteiger partial charge in [0.15, 0.2) is 0 Å². The Labute approximate surface area is 164 Å². The molecule has 148 valence electrons. The van der Waals surface area contributed by atoms with E-state index < -0.39 is 0 Å². The quantitative estimate of drug-likeness (QED) is 0.692. The van der Waals surface area contributed by atoms with E-state index in [1.54, 1.807) is 0 Å². The van der Waals surface area contributed by atoms with Crippen molar-refractivity contribution in [3.8, 4) is 0 Å². The molecule has 3 rings (SSSR count). The minimum Gasteiger partial charge on any atom is -0.341 e. The molecule has 2 aliphatic rings. The first kappa shape index (κ1) is 20.1. The van der Waals surface area contributed by atoms with Gasteiger partial charge in [-0.2, -0.15) is 0 Å². The standard InChI is InChI=1S/C23H35N3O/c1-19(2)11-13-25-14-21-15-26(22(27)16-24(3)4)18-23(21,17-25)12-10-20-8-6-5-7-9-20/h5-9,11,21H,10,12-18H2,1-4H3/t21-,23+/m0/s1. The molecule has 0 bridgehead atoms. The minimum absolute atomic E-state index is 0.243. The van der Waals surface area contributed by atoms with Crippen LogP contribution in [0.25, 0.3) is 0 Å². The van der Waals surface area contributed by atoms with Crippen molar-refractivity contribution in [3.63, 3.8) is 0 Å². The number of hydrogen-bond acceptors (Lipinski definition) is 3. The third-order valence-electron chi connectivity index (χ3n) is 6.15. The van der Waals surface area contributed by atoms with E-state index in [1.807, 2.05) is 19.0 Å². The average molecular weight is 370 g/mol. The lowest BCUT2D eigenvalue weighted by atomic mass is 9.76. The van der Waals surface area contributed by atoms with E-state index in [2.05, 4.69) is 60.1 Å². The van der Waals surface area contributed by atoms with Gasteiger partial charge in [-0.05, 0) is 52.3 Å². The predicted molar refractivity (Wildman–Crippen MR) is 112 cm³/mol. The predicted octanol–water partition coefficient (Wildman–Crippen LogP) is 2.91. The molecule has 0 aliphatic carbocycles. The molecule has 1 aromatic rings. The highest BCUT2D eigenvalue weighted by Gasteiger charge is 2.52. The Kier molecular flexibility index (Phi) is 6.38. The molecule has 4 heteroatoms.